The minimum atomic E-state index is -0.330. The molecule has 0 N–H and O–H groups in total. The molecule has 0 saturated heterocycles. The highest BCUT2D eigenvalue weighted by Gasteiger charge is 2.10. The van der Waals surface area contributed by atoms with Gasteiger partial charge in [-0.2, -0.15) is 0 Å². The monoisotopic (exact) mass is 246 g/mol. The maximum atomic E-state index is 13.9. The molecule has 0 saturated carbocycles. The third kappa shape index (κ3) is 2.42. The molecule has 0 fully saturated rings. The normalized spacial score (nSPS) is 10.7. The molecule has 0 aromatic heterocycles. The summed E-state index contributed by atoms with van der Waals surface area (Å²) in [5.74, 6) is -0.629. The zero-order valence-corrected chi connectivity index (χ0v) is 10.6. The first-order valence-corrected chi connectivity index (χ1v) is 6.23. The van der Waals surface area contributed by atoms with Crippen LogP contribution in [0.2, 0.25) is 0 Å². The van der Waals surface area contributed by atoms with Crippen molar-refractivity contribution in [2.75, 3.05) is 0 Å². The summed E-state index contributed by atoms with van der Waals surface area (Å²) in [6.07, 6.45) is 1.59. The Bertz CT molecular complexity index is 559. The minimum Gasteiger partial charge on any atom is -0.207 e. The van der Waals surface area contributed by atoms with Gasteiger partial charge in [0, 0.05) is 5.56 Å². The topological polar surface area (TPSA) is 0 Å². The molecule has 2 aromatic carbocycles. The zero-order chi connectivity index (χ0) is 13.1. The van der Waals surface area contributed by atoms with Crippen LogP contribution in [-0.4, -0.2) is 0 Å². The van der Waals surface area contributed by atoms with Gasteiger partial charge in [-0.05, 0) is 53.8 Å². The third-order valence-corrected chi connectivity index (χ3v) is 3.18. The van der Waals surface area contributed by atoms with E-state index >= 15 is 0 Å². The minimum absolute atomic E-state index is 0.299. The molecule has 2 aromatic rings. The molecule has 0 amide bonds. The van der Waals surface area contributed by atoms with Gasteiger partial charge in [0.05, 0.1) is 0 Å². The van der Waals surface area contributed by atoms with Crippen LogP contribution in [0.3, 0.4) is 0 Å². The fourth-order valence-corrected chi connectivity index (χ4v) is 2.11. The molecule has 0 aliphatic carbocycles. The molecule has 0 aliphatic heterocycles. The predicted molar refractivity (Wildman–Crippen MR) is 70.6 cm³/mol. The Morgan fingerprint density at radius 1 is 0.833 bits per heavy atom. The number of hydrogen-bond donors (Lipinski definition) is 0. The summed E-state index contributed by atoms with van der Waals surface area (Å²) in [4.78, 5) is 0. The smallest absolute Gasteiger partial charge is 0.131 e. The Morgan fingerprint density at radius 3 is 2.28 bits per heavy atom. The summed E-state index contributed by atoms with van der Waals surface area (Å²) in [6, 6.07) is 9.59. The number of halogens is 2. The molecule has 0 heterocycles. The van der Waals surface area contributed by atoms with Crippen molar-refractivity contribution in [3.63, 3.8) is 0 Å². The average Bonchev–Trinajstić information content (AvgIpc) is 2.39. The molecule has 0 bridgehead atoms. The van der Waals surface area contributed by atoms with E-state index < -0.39 is 0 Å². The van der Waals surface area contributed by atoms with Crippen molar-refractivity contribution in [3.05, 3.63) is 59.2 Å². The Balaban J connectivity index is 2.63. The lowest BCUT2D eigenvalue weighted by atomic mass is 9.95. The first-order chi connectivity index (χ1) is 8.65. The number of hydrogen-bond acceptors (Lipinski definition) is 0. The van der Waals surface area contributed by atoms with E-state index in [-0.39, 0.29) is 11.6 Å². The zero-order valence-electron chi connectivity index (χ0n) is 10.6. The predicted octanol–water partition coefficient (Wildman–Crippen LogP) is 4.76. The van der Waals surface area contributed by atoms with E-state index in [9.17, 15) is 8.78 Å². The molecule has 94 valence electrons. The summed E-state index contributed by atoms with van der Waals surface area (Å²) in [7, 11) is 0. The second kappa shape index (κ2) is 5.30. The molecule has 2 heteroatoms. The quantitative estimate of drug-likeness (QED) is 0.732. The Morgan fingerprint density at radius 2 is 1.61 bits per heavy atom. The Kier molecular flexibility index (Phi) is 3.75. The first-order valence-electron chi connectivity index (χ1n) is 6.23. The van der Waals surface area contributed by atoms with E-state index in [1.807, 2.05) is 19.9 Å². The van der Waals surface area contributed by atoms with Crippen molar-refractivity contribution in [3.8, 4) is 11.1 Å². The van der Waals surface area contributed by atoms with E-state index in [1.165, 1.54) is 18.2 Å². The second-order valence-electron chi connectivity index (χ2n) is 4.32. The summed E-state index contributed by atoms with van der Waals surface area (Å²) in [6.45, 7) is 4.00. The van der Waals surface area contributed by atoms with Crippen LogP contribution in [0.25, 0.3) is 11.1 Å². The van der Waals surface area contributed by atoms with Gasteiger partial charge < -0.3 is 0 Å². The first kappa shape index (κ1) is 12.7. The van der Waals surface area contributed by atoms with Crippen molar-refractivity contribution < 1.29 is 8.78 Å². The summed E-state index contributed by atoms with van der Waals surface area (Å²) in [5, 5.41) is 0. The van der Waals surface area contributed by atoms with Gasteiger partial charge in [-0.25, -0.2) is 8.78 Å². The van der Waals surface area contributed by atoms with Crippen LogP contribution >= 0.6 is 0 Å². The molecule has 18 heavy (non-hydrogen) atoms. The highest BCUT2D eigenvalue weighted by molar-refractivity contribution is 5.68. The molecular formula is C16H16F2. The lowest BCUT2D eigenvalue weighted by Crippen LogP contribution is -1.94. The molecule has 0 aliphatic rings. The molecule has 0 nitrogen and oxygen atoms in total. The van der Waals surface area contributed by atoms with E-state index in [4.69, 9.17) is 0 Å². The van der Waals surface area contributed by atoms with E-state index in [2.05, 4.69) is 0 Å². The molecule has 0 atom stereocenters. The lowest BCUT2D eigenvalue weighted by Gasteiger charge is -2.11. The van der Waals surface area contributed by atoms with Crippen LogP contribution in [0.1, 0.15) is 25.0 Å². The van der Waals surface area contributed by atoms with Gasteiger partial charge in [0.25, 0.3) is 0 Å². The van der Waals surface area contributed by atoms with Crippen LogP contribution in [0.5, 0.6) is 0 Å². The van der Waals surface area contributed by atoms with Gasteiger partial charge in [0.1, 0.15) is 11.6 Å². The SMILES string of the molecule is CCc1ccc(F)c(-c2cc(F)ccc2CC)c1. The summed E-state index contributed by atoms with van der Waals surface area (Å²) in [5.41, 5.74) is 3.16. The lowest BCUT2D eigenvalue weighted by molar-refractivity contribution is 0.623. The maximum absolute atomic E-state index is 13.9. The molecular weight excluding hydrogens is 230 g/mol. The Hall–Kier alpha value is -1.70. The van der Waals surface area contributed by atoms with Crippen LogP contribution in [-0.2, 0) is 12.8 Å². The standard InChI is InChI=1S/C16H16F2/c1-3-11-5-8-16(18)15(9-11)14-10-13(17)7-6-12(14)4-2/h5-10H,3-4H2,1-2H3. The maximum Gasteiger partial charge on any atom is 0.131 e. The van der Waals surface area contributed by atoms with Crippen LogP contribution in [0.15, 0.2) is 36.4 Å². The fourth-order valence-electron chi connectivity index (χ4n) is 2.11. The number of rotatable bonds is 3. The van der Waals surface area contributed by atoms with Gasteiger partial charge >= 0.3 is 0 Å². The number of benzene rings is 2. The number of aryl methyl sites for hydroxylation is 2. The Labute approximate surface area is 106 Å². The van der Waals surface area contributed by atoms with Crippen LogP contribution in [0.4, 0.5) is 8.78 Å². The second-order valence-corrected chi connectivity index (χ2v) is 4.32. The van der Waals surface area contributed by atoms with Gasteiger partial charge in [-0.1, -0.05) is 26.0 Å². The van der Waals surface area contributed by atoms with Gasteiger partial charge in [0.2, 0.25) is 0 Å². The average molecular weight is 246 g/mol. The van der Waals surface area contributed by atoms with Gasteiger partial charge in [-0.3, -0.25) is 0 Å². The molecule has 0 radical (unpaired) electrons. The van der Waals surface area contributed by atoms with Crippen LogP contribution < -0.4 is 0 Å². The molecule has 0 spiro atoms. The fraction of sp³-hybridized carbons (Fsp3) is 0.250. The van der Waals surface area contributed by atoms with Crippen molar-refractivity contribution in [1.29, 1.82) is 0 Å². The van der Waals surface area contributed by atoms with E-state index in [0.717, 1.165) is 24.0 Å². The van der Waals surface area contributed by atoms with Gasteiger partial charge in [0.15, 0.2) is 0 Å². The highest BCUT2D eigenvalue weighted by atomic mass is 19.1. The van der Waals surface area contributed by atoms with E-state index in [0.29, 0.717) is 11.1 Å². The van der Waals surface area contributed by atoms with Gasteiger partial charge in [-0.15, -0.1) is 0 Å². The van der Waals surface area contributed by atoms with Crippen molar-refractivity contribution >= 4 is 0 Å². The summed E-state index contributed by atoms with van der Waals surface area (Å²) >= 11 is 0. The van der Waals surface area contributed by atoms with Crippen LogP contribution in [0, 0.1) is 11.6 Å². The van der Waals surface area contributed by atoms with Crippen molar-refractivity contribution in [2.24, 2.45) is 0 Å². The van der Waals surface area contributed by atoms with Crippen molar-refractivity contribution in [2.45, 2.75) is 26.7 Å². The van der Waals surface area contributed by atoms with Crippen molar-refractivity contribution in [1.82, 2.24) is 0 Å². The molecule has 0 unspecified atom stereocenters. The summed E-state index contributed by atoms with van der Waals surface area (Å²) < 4.78 is 27.3. The third-order valence-electron chi connectivity index (χ3n) is 3.18. The highest BCUT2D eigenvalue weighted by Crippen LogP contribution is 2.28. The van der Waals surface area contributed by atoms with E-state index in [1.54, 1.807) is 12.1 Å². The molecule has 2 rings (SSSR count). The largest absolute Gasteiger partial charge is 0.207 e.